The number of allylic oxidation sites excluding steroid dienone is 1. The average Bonchev–Trinajstić information content (AvgIpc) is 3.07. The van der Waals surface area contributed by atoms with Gasteiger partial charge in [0.05, 0.1) is 14.2 Å². The van der Waals surface area contributed by atoms with Crippen LogP contribution in [0.2, 0.25) is 0 Å². The lowest BCUT2D eigenvalue weighted by atomic mass is 10.0. The van der Waals surface area contributed by atoms with Crippen molar-refractivity contribution in [2.24, 2.45) is 0 Å². The first-order valence-electron chi connectivity index (χ1n) is 8.39. The molecule has 6 heteroatoms. The van der Waals surface area contributed by atoms with Gasteiger partial charge in [-0.2, -0.15) is 10.1 Å². The summed E-state index contributed by atoms with van der Waals surface area (Å²) in [5.74, 6) is 2.84. The predicted octanol–water partition coefficient (Wildman–Crippen LogP) is 3.66. The molecule has 0 radical (unpaired) electrons. The number of nitrogens with zero attached hydrogens (tertiary/aromatic N) is 3. The zero-order chi connectivity index (χ0) is 18.1. The van der Waals surface area contributed by atoms with Crippen molar-refractivity contribution in [3.05, 3.63) is 71.6 Å². The molecule has 0 saturated carbocycles. The number of hydrogen-bond acceptors (Lipinski definition) is 5. The van der Waals surface area contributed by atoms with Crippen molar-refractivity contribution < 1.29 is 9.47 Å². The van der Waals surface area contributed by atoms with E-state index in [0.29, 0.717) is 11.5 Å². The largest absolute Gasteiger partial charge is 0.493 e. The van der Waals surface area contributed by atoms with E-state index >= 15 is 0 Å². The first-order chi connectivity index (χ1) is 12.7. The van der Waals surface area contributed by atoms with Gasteiger partial charge in [0.1, 0.15) is 11.9 Å². The van der Waals surface area contributed by atoms with E-state index in [1.165, 1.54) is 0 Å². The number of rotatable bonds is 4. The van der Waals surface area contributed by atoms with Crippen LogP contribution >= 0.6 is 0 Å². The van der Waals surface area contributed by atoms with E-state index < -0.39 is 0 Å². The van der Waals surface area contributed by atoms with Gasteiger partial charge >= 0.3 is 0 Å². The van der Waals surface area contributed by atoms with E-state index in [-0.39, 0.29) is 6.04 Å². The number of benzene rings is 2. The number of methoxy groups -OCH3 is 2. The third-order valence-electron chi connectivity index (χ3n) is 4.41. The molecule has 2 aromatic carbocycles. The van der Waals surface area contributed by atoms with Crippen LogP contribution in [-0.4, -0.2) is 29.0 Å². The van der Waals surface area contributed by atoms with Gasteiger partial charge in [0.25, 0.3) is 0 Å². The van der Waals surface area contributed by atoms with Gasteiger partial charge in [-0.15, -0.1) is 0 Å². The summed E-state index contributed by atoms with van der Waals surface area (Å²) in [6, 6.07) is 16.0. The molecule has 4 rings (SSSR count). The number of nitrogens with one attached hydrogen (secondary N) is 1. The molecular formula is C20H20N4O2. The first kappa shape index (κ1) is 16.2. The molecule has 3 aromatic rings. The van der Waals surface area contributed by atoms with Crippen molar-refractivity contribution in [2.75, 3.05) is 19.5 Å². The minimum Gasteiger partial charge on any atom is -0.493 e. The summed E-state index contributed by atoms with van der Waals surface area (Å²) in [5.41, 5.74) is 3.15. The van der Waals surface area contributed by atoms with Crippen LogP contribution in [0, 0.1) is 6.92 Å². The van der Waals surface area contributed by atoms with E-state index in [4.69, 9.17) is 9.47 Å². The number of fused-ring (bicyclic) bond motifs is 1. The van der Waals surface area contributed by atoms with E-state index in [9.17, 15) is 0 Å². The molecule has 1 aliphatic heterocycles. The molecule has 0 spiro atoms. The van der Waals surface area contributed by atoms with Crippen LogP contribution in [0.5, 0.6) is 11.5 Å². The molecule has 0 saturated heterocycles. The van der Waals surface area contributed by atoms with Crippen LogP contribution in [0.25, 0.3) is 5.70 Å². The van der Waals surface area contributed by atoms with Gasteiger partial charge in [-0.25, -0.2) is 4.68 Å². The van der Waals surface area contributed by atoms with Crippen molar-refractivity contribution in [2.45, 2.75) is 13.0 Å². The molecule has 6 nitrogen and oxygen atoms in total. The zero-order valence-corrected chi connectivity index (χ0v) is 14.9. The van der Waals surface area contributed by atoms with Crippen LogP contribution < -0.4 is 14.8 Å². The van der Waals surface area contributed by atoms with Gasteiger partial charge in [0.2, 0.25) is 5.95 Å². The molecule has 1 aromatic heterocycles. The highest BCUT2D eigenvalue weighted by Crippen LogP contribution is 2.36. The molecule has 0 fully saturated rings. The molecule has 1 N–H and O–H groups in total. The summed E-state index contributed by atoms with van der Waals surface area (Å²) < 4.78 is 12.7. The van der Waals surface area contributed by atoms with Crippen LogP contribution in [0.4, 0.5) is 5.95 Å². The summed E-state index contributed by atoms with van der Waals surface area (Å²) in [5, 5.41) is 7.94. The van der Waals surface area contributed by atoms with Crippen LogP contribution in [-0.2, 0) is 0 Å². The quantitative estimate of drug-likeness (QED) is 0.780. The summed E-state index contributed by atoms with van der Waals surface area (Å²) in [4.78, 5) is 4.52. The second kappa shape index (κ2) is 6.55. The second-order valence-corrected chi connectivity index (χ2v) is 6.06. The van der Waals surface area contributed by atoms with Crippen LogP contribution in [0.1, 0.15) is 23.0 Å². The van der Waals surface area contributed by atoms with Gasteiger partial charge in [-0.3, -0.25) is 0 Å². The zero-order valence-electron chi connectivity index (χ0n) is 14.9. The predicted molar refractivity (Wildman–Crippen MR) is 100 cm³/mol. The Morgan fingerprint density at radius 3 is 2.50 bits per heavy atom. The van der Waals surface area contributed by atoms with Gasteiger partial charge in [-0.1, -0.05) is 36.4 Å². The lowest BCUT2D eigenvalue weighted by Gasteiger charge is -2.25. The number of anilines is 1. The molecule has 1 aliphatic rings. The van der Waals surface area contributed by atoms with Gasteiger partial charge in [0.15, 0.2) is 11.5 Å². The Labute approximate surface area is 152 Å². The highest BCUT2D eigenvalue weighted by atomic mass is 16.5. The fourth-order valence-corrected chi connectivity index (χ4v) is 3.16. The van der Waals surface area contributed by atoms with Crippen molar-refractivity contribution in [1.29, 1.82) is 0 Å². The molecule has 0 aliphatic carbocycles. The van der Waals surface area contributed by atoms with Crippen molar-refractivity contribution in [1.82, 2.24) is 14.8 Å². The highest BCUT2D eigenvalue weighted by molar-refractivity contribution is 5.77. The molecule has 1 unspecified atom stereocenters. The van der Waals surface area contributed by atoms with E-state index in [2.05, 4.69) is 33.6 Å². The van der Waals surface area contributed by atoms with Gasteiger partial charge < -0.3 is 14.8 Å². The Kier molecular flexibility index (Phi) is 4.08. The fraction of sp³-hybridized carbons (Fsp3) is 0.200. The SMILES string of the molecule is COc1ccc(C2C=C(c3ccccc3)Nc3nc(C)nn32)cc1OC. The normalized spacial score (nSPS) is 15.7. The van der Waals surface area contributed by atoms with Gasteiger partial charge in [0, 0.05) is 5.70 Å². The molecular weight excluding hydrogens is 328 g/mol. The third-order valence-corrected chi connectivity index (χ3v) is 4.41. The van der Waals surface area contributed by atoms with E-state index in [1.54, 1.807) is 14.2 Å². The number of aryl methyl sites for hydroxylation is 1. The van der Waals surface area contributed by atoms with E-state index in [1.807, 2.05) is 48.0 Å². The van der Waals surface area contributed by atoms with Crippen molar-refractivity contribution >= 4 is 11.6 Å². The molecule has 1 atom stereocenters. The maximum Gasteiger partial charge on any atom is 0.226 e. The monoisotopic (exact) mass is 348 g/mol. The van der Waals surface area contributed by atoms with E-state index in [0.717, 1.165) is 28.6 Å². The molecule has 0 bridgehead atoms. The average molecular weight is 348 g/mol. The van der Waals surface area contributed by atoms with Crippen molar-refractivity contribution in [3.63, 3.8) is 0 Å². The minimum atomic E-state index is -0.0949. The lowest BCUT2D eigenvalue weighted by Crippen LogP contribution is -2.20. The molecule has 0 amide bonds. The Hall–Kier alpha value is -3.28. The number of hydrogen-bond donors (Lipinski definition) is 1. The Morgan fingerprint density at radius 1 is 1.00 bits per heavy atom. The molecule has 26 heavy (non-hydrogen) atoms. The minimum absolute atomic E-state index is 0.0949. The summed E-state index contributed by atoms with van der Waals surface area (Å²) in [7, 11) is 3.27. The highest BCUT2D eigenvalue weighted by Gasteiger charge is 2.25. The van der Waals surface area contributed by atoms with Gasteiger partial charge in [-0.05, 0) is 36.3 Å². The summed E-state index contributed by atoms with van der Waals surface area (Å²) in [6.07, 6.45) is 2.15. The maximum absolute atomic E-state index is 5.47. The topological polar surface area (TPSA) is 61.2 Å². The Bertz CT molecular complexity index is 963. The second-order valence-electron chi connectivity index (χ2n) is 6.06. The maximum atomic E-state index is 5.47. The Balaban J connectivity index is 1.83. The van der Waals surface area contributed by atoms with Crippen LogP contribution in [0.3, 0.4) is 0 Å². The van der Waals surface area contributed by atoms with Crippen molar-refractivity contribution in [3.8, 4) is 11.5 Å². The third kappa shape index (κ3) is 2.79. The summed E-state index contributed by atoms with van der Waals surface area (Å²) in [6.45, 7) is 1.89. The standard InChI is InChI=1S/C20H20N4O2/c1-13-21-20-22-16(14-7-5-4-6-8-14)12-17(24(20)23-13)15-9-10-18(25-2)19(11-15)26-3/h4-12,17H,1-3H3,(H,21,22,23). The fourth-order valence-electron chi connectivity index (χ4n) is 3.16. The molecule has 2 heterocycles. The van der Waals surface area contributed by atoms with Crippen LogP contribution in [0.15, 0.2) is 54.6 Å². The Morgan fingerprint density at radius 2 is 1.77 bits per heavy atom. The lowest BCUT2D eigenvalue weighted by molar-refractivity contribution is 0.354. The summed E-state index contributed by atoms with van der Waals surface area (Å²) >= 11 is 0. The molecule has 132 valence electrons. The first-order valence-corrected chi connectivity index (χ1v) is 8.39. The number of ether oxygens (including phenoxy) is 2. The number of aromatic nitrogens is 3. The smallest absolute Gasteiger partial charge is 0.226 e.